The van der Waals surface area contributed by atoms with Crippen molar-refractivity contribution in [2.45, 2.75) is 11.8 Å². The van der Waals surface area contributed by atoms with Crippen molar-refractivity contribution in [2.75, 3.05) is 4.72 Å². The smallest absolute Gasteiger partial charge is 0.261 e. The lowest BCUT2D eigenvalue weighted by Crippen LogP contribution is -2.14. The highest BCUT2D eigenvalue weighted by Crippen LogP contribution is 2.25. The van der Waals surface area contributed by atoms with Crippen LogP contribution in [-0.2, 0) is 10.0 Å². The quantitative estimate of drug-likeness (QED) is 0.470. The van der Waals surface area contributed by atoms with Gasteiger partial charge in [0.2, 0.25) is 0 Å². The normalized spacial score (nSPS) is 11.5. The van der Waals surface area contributed by atoms with Crippen LogP contribution in [0.1, 0.15) is 21.6 Å². The van der Waals surface area contributed by atoms with E-state index in [2.05, 4.69) is 14.7 Å². The summed E-state index contributed by atoms with van der Waals surface area (Å²) in [5.74, 6) is -3.54. The molecule has 0 amide bonds. The van der Waals surface area contributed by atoms with Crippen molar-refractivity contribution in [2.24, 2.45) is 0 Å². The Morgan fingerprint density at radius 2 is 1.71 bits per heavy atom. The maximum absolute atomic E-state index is 14.5. The maximum Gasteiger partial charge on any atom is 0.261 e. The summed E-state index contributed by atoms with van der Waals surface area (Å²) in [6.45, 7) is 1.73. The van der Waals surface area contributed by atoms with Crippen LogP contribution in [0.5, 0.6) is 0 Å². The minimum absolute atomic E-state index is 0.0592. The molecule has 0 aliphatic carbocycles. The van der Waals surface area contributed by atoms with E-state index in [1.54, 1.807) is 25.3 Å². The second-order valence-electron chi connectivity index (χ2n) is 6.78. The van der Waals surface area contributed by atoms with E-state index in [1.807, 2.05) is 0 Å². The number of fused-ring (bicyclic) bond motifs is 1. The van der Waals surface area contributed by atoms with Crippen LogP contribution in [0.3, 0.4) is 0 Å². The summed E-state index contributed by atoms with van der Waals surface area (Å²) in [5.41, 5.74) is 0.777. The Hall–Kier alpha value is -3.72. The summed E-state index contributed by atoms with van der Waals surface area (Å²) >= 11 is 0. The first-order chi connectivity index (χ1) is 14.7. The lowest BCUT2D eigenvalue weighted by atomic mass is 10.0. The van der Waals surface area contributed by atoms with Gasteiger partial charge in [-0.3, -0.25) is 14.5 Å². The average Bonchev–Trinajstić information content (AvgIpc) is 2.75. The Kier molecular flexibility index (Phi) is 5.20. The zero-order chi connectivity index (χ0) is 22.2. The van der Waals surface area contributed by atoms with Crippen molar-refractivity contribution < 1.29 is 22.0 Å². The van der Waals surface area contributed by atoms with Crippen LogP contribution in [0, 0.1) is 18.6 Å². The monoisotopic (exact) mass is 439 g/mol. The number of rotatable bonds is 5. The van der Waals surface area contributed by atoms with E-state index >= 15 is 0 Å². The second kappa shape index (κ2) is 7.84. The van der Waals surface area contributed by atoms with Crippen molar-refractivity contribution in [1.29, 1.82) is 0 Å². The zero-order valence-electron chi connectivity index (χ0n) is 16.1. The van der Waals surface area contributed by atoms with Crippen molar-refractivity contribution in [3.8, 4) is 0 Å². The molecule has 31 heavy (non-hydrogen) atoms. The average molecular weight is 439 g/mol. The number of carbonyl (C=O) groups is 1. The zero-order valence-corrected chi connectivity index (χ0v) is 17.0. The summed E-state index contributed by atoms with van der Waals surface area (Å²) in [7, 11) is -4.05. The van der Waals surface area contributed by atoms with Gasteiger partial charge in [0, 0.05) is 17.8 Å². The summed E-state index contributed by atoms with van der Waals surface area (Å²) in [6.07, 6.45) is 1.57. The van der Waals surface area contributed by atoms with E-state index in [-0.39, 0.29) is 16.1 Å². The Labute approximate surface area is 176 Å². The number of carbonyl (C=O) groups excluding carboxylic acids is 1. The summed E-state index contributed by atoms with van der Waals surface area (Å²) in [4.78, 5) is 21.3. The highest BCUT2D eigenvalue weighted by Gasteiger charge is 2.22. The molecular formula is C22H15F2N3O3S. The lowest BCUT2D eigenvalue weighted by molar-refractivity contribution is 0.103. The predicted molar refractivity (Wildman–Crippen MR) is 111 cm³/mol. The molecule has 1 heterocycles. The molecule has 0 radical (unpaired) electrons. The molecule has 0 bridgehead atoms. The Balaban J connectivity index is 1.73. The van der Waals surface area contributed by atoms with Gasteiger partial charge < -0.3 is 0 Å². The standard InChI is InChI=1S/C22H15F2N3O3S/c1-13-12-25-19-8-7-14(9-20(19)26-13)22(28)17-10-15(11-18(23)21(17)24)27-31(29,30)16-5-3-2-4-6-16/h2-12,27H,1H3. The molecule has 3 aromatic carbocycles. The summed E-state index contributed by atoms with van der Waals surface area (Å²) in [5, 5.41) is 0. The maximum atomic E-state index is 14.5. The first-order valence-corrected chi connectivity index (χ1v) is 10.6. The number of anilines is 1. The number of hydrogen-bond acceptors (Lipinski definition) is 5. The fourth-order valence-electron chi connectivity index (χ4n) is 3.03. The Bertz CT molecular complexity index is 1430. The number of aromatic nitrogens is 2. The van der Waals surface area contributed by atoms with Gasteiger partial charge >= 0.3 is 0 Å². The van der Waals surface area contributed by atoms with Gasteiger partial charge in [-0.1, -0.05) is 18.2 Å². The number of nitrogens with one attached hydrogen (secondary N) is 1. The first kappa shape index (κ1) is 20.5. The molecule has 4 aromatic rings. The van der Waals surface area contributed by atoms with E-state index in [1.165, 1.54) is 36.4 Å². The molecule has 0 aliphatic heterocycles. The Morgan fingerprint density at radius 1 is 0.968 bits per heavy atom. The molecule has 4 rings (SSSR count). The van der Waals surface area contributed by atoms with Crippen molar-refractivity contribution in [3.05, 3.63) is 95.3 Å². The molecule has 1 aromatic heterocycles. The van der Waals surface area contributed by atoms with Gasteiger partial charge in [0.1, 0.15) is 0 Å². The molecule has 0 aliphatic rings. The van der Waals surface area contributed by atoms with Gasteiger partial charge in [0.05, 0.1) is 32.9 Å². The molecule has 156 valence electrons. The third-order valence-corrected chi connectivity index (χ3v) is 5.90. The van der Waals surface area contributed by atoms with Gasteiger partial charge in [0.25, 0.3) is 10.0 Å². The van der Waals surface area contributed by atoms with Crippen LogP contribution < -0.4 is 4.72 Å². The van der Waals surface area contributed by atoms with E-state index in [4.69, 9.17) is 0 Å². The van der Waals surface area contributed by atoms with E-state index in [9.17, 15) is 22.0 Å². The van der Waals surface area contributed by atoms with Crippen molar-refractivity contribution in [1.82, 2.24) is 9.97 Å². The number of nitrogens with zero attached hydrogens (tertiary/aromatic N) is 2. The molecule has 0 spiro atoms. The number of aryl methyl sites for hydroxylation is 1. The van der Waals surface area contributed by atoms with Crippen molar-refractivity contribution >= 4 is 32.5 Å². The molecule has 0 saturated heterocycles. The minimum Gasteiger partial charge on any atom is -0.288 e. The molecule has 9 heteroatoms. The third-order valence-electron chi connectivity index (χ3n) is 4.50. The molecule has 6 nitrogen and oxygen atoms in total. The molecule has 1 N–H and O–H groups in total. The number of halogens is 2. The van der Waals surface area contributed by atoms with Crippen LogP contribution in [0.15, 0.2) is 71.8 Å². The van der Waals surface area contributed by atoms with Crippen LogP contribution in [0.2, 0.25) is 0 Å². The van der Waals surface area contributed by atoms with Gasteiger partial charge in [-0.05, 0) is 43.3 Å². The van der Waals surface area contributed by atoms with Crippen LogP contribution in [0.25, 0.3) is 11.0 Å². The van der Waals surface area contributed by atoms with Gasteiger partial charge in [0.15, 0.2) is 17.4 Å². The second-order valence-corrected chi connectivity index (χ2v) is 8.46. The van der Waals surface area contributed by atoms with Gasteiger partial charge in [-0.2, -0.15) is 0 Å². The Morgan fingerprint density at radius 3 is 2.45 bits per heavy atom. The van der Waals surface area contributed by atoms with Crippen LogP contribution >= 0.6 is 0 Å². The SMILES string of the molecule is Cc1cnc2ccc(C(=O)c3cc(NS(=O)(=O)c4ccccc4)cc(F)c3F)cc2n1. The molecule has 0 unspecified atom stereocenters. The lowest BCUT2D eigenvalue weighted by Gasteiger charge is -2.11. The predicted octanol–water partition coefficient (Wildman–Crippen LogP) is 4.25. The molecule has 0 atom stereocenters. The molecule has 0 fully saturated rings. The fraction of sp³-hybridized carbons (Fsp3) is 0.0455. The first-order valence-electron chi connectivity index (χ1n) is 9.09. The van der Waals surface area contributed by atoms with E-state index in [0.717, 1.165) is 6.07 Å². The number of ketones is 1. The topological polar surface area (TPSA) is 89.0 Å². The summed E-state index contributed by atoms with van der Waals surface area (Å²) in [6, 6.07) is 13.4. The number of sulfonamides is 1. The minimum atomic E-state index is -4.05. The van der Waals surface area contributed by atoms with Crippen LogP contribution in [0.4, 0.5) is 14.5 Å². The van der Waals surface area contributed by atoms with Gasteiger partial charge in [-0.25, -0.2) is 22.2 Å². The van der Waals surface area contributed by atoms with Crippen LogP contribution in [-0.4, -0.2) is 24.2 Å². The van der Waals surface area contributed by atoms with Gasteiger partial charge in [-0.15, -0.1) is 0 Å². The fourth-order valence-corrected chi connectivity index (χ4v) is 4.09. The van der Waals surface area contributed by atoms with Crippen molar-refractivity contribution in [3.63, 3.8) is 0 Å². The number of benzene rings is 3. The highest BCUT2D eigenvalue weighted by molar-refractivity contribution is 7.92. The number of hydrogen-bond donors (Lipinski definition) is 1. The van der Waals surface area contributed by atoms with E-state index in [0.29, 0.717) is 22.8 Å². The summed E-state index contributed by atoms with van der Waals surface area (Å²) < 4.78 is 55.8. The highest BCUT2D eigenvalue weighted by atomic mass is 32.2. The third kappa shape index (κ3) is 4.13. The molecular weight excluding hydrogens is 424 g/mol. The van der Waals surface area contributed by atoms with E-state index < -0.39 is 33.0 Å². The molecule has 0 saturated carbocycles. The largest absolute Gasteiger partial charge is 0.288 e.